The van der Waals surface area contributed by atoms with Crippen molar-refractivity contribution in [2.24, 2.45) is 4.99 Å². The summed E-state index contributed by atoms with van der Waals surface area (Å²) in [6, 6.07) is 5.99. The molecule has 21 heavy (non-hydrogen) atoms. The maximum Gasteiger partial charge on any atom is 0.274 e. The van der Waals surface area contributed by atoms with Crippen LogP contribution >= 0.6 is 0 Å². The molecule has 0 unspecified atom stereocenters. The minimum atomic E-state index is -0.564. The first-order valence-corrected chi connectivity index (χ1v) is 6.04. The van der Waals surface area contributed by atoms with Crippen LogP contribution in [0.5, 0.6) is 11.5 Å². The van der Waals surface area contributed by atoms with Crippen LogP contribution in [0.3, 0.4) is 0 Å². The third-order valence-electron chi connectivity index (χ3n) is 2.83. The van der Waals surface area contributed by atoms with Gasteiger partial charge < -0.3 is 9.84 Å². The second-order valence-electron chi connectivity index (χ2n) is 4.25. The van der Waals surface area contributed by atoms with Crippen molar-refractivity contribution in [3.8, 4) is 11.5 Å². The lowest BCUT2D eigenvalue weighted by atomic mass is 10.1. The first kappa shape index (κ1) is 14.4. The molecule has 0 saturated heterocycles. The normalized spacial score (nSPS) is 10.8. The Kier molecular flexibility index (Phi) is 4.13. The number of phenolic OH excluding ortho intramolecular Hbond substituents is 1. The number of nitro benzene ring substituents is 1. The van der Waals surface area contributed by atoms with Crippen molar-refractivity contribution < 1.29 is 14.8 Å². The standard InChI is InChI=1S/C14H13N3O4/c1-9-4-3-5-15-14(9)16-8-10-6-11(17(19)20)7-12(21-2)13(10)18/h3-8,18H,1-2H3/b16-8+. The zero-order chi connectivity index (χ0) is 15.4. The Morgan fingerprint density at radius 1 is 1.48 bits per heavy atom. The predicted molar refractivity (Wildman–Crippen MR) is 77.5 cm³/mol. The van der Waals surface area contributed by atoms with Gasteiger partial charge in [-0.1, -0.05) is 6.07 Å². The zero-order valence-electron chi connectivity index (χ0n) is 11.5. The molecule has 0 aliphatic heterocycles. The van der Waals surface area contributed by atoms with Crippen molar-refractivity contribution in [1.82, 2.24) is 4.98 Å². The van der Waals surface area contributed by atoms with Crippen molar-refractivity contribution in [3.05, 3.63) is 51.7 Å². The Labute approximate surface area is 120 Å². The van der Waals surface area contributed by atoms with Crippen molar-refractivity contribution in [3.63, 3.8) is 0 Å². The zero-order valence-corrected chi connectivity index (χ0v) is 11.5. The summed E-state index contributed by atoms with van der Waals surface area (Å²) in [7, 11) is 1.32. The lowest BCUT2D eigenvalue weighted by Crippen LogP contribution is -1.94. The van der Waals surface area contributed by atoms with Gasteiger partial charge in [-0.3, -0.25) is 10.1 Å². The summed E-state index contributed by atoms with van der Waals surface area (Å²) >= 11 is 0. The van der Waals surface area contributed by atoms with E-state index in [1.165, 1.54) is 19.4 Å². The number of nitrogens with zero attached hydrogens (tertiary/aromatic N) is 3. The van der Waals surface area contributed by atoms with Crippen LogP contribution in [-0.4, -0.2) is 28.3 Å². The third-order valence-corrected chi connectivity index (χ3v) is 2.83. The number of rotatable bonds is 4. The van der Waals surface area contributed by atoms with E-state index in [9.17, 15) is 15.2 Å². The van der Waals surface area contributed by atoms with Crippen molar-refractivity contribution in [2.45, 2.75) is 6.92 Å². The van der Waals surface area contributed by atoms with E-state index in [0.29, 0.717) is 5.82 Å². The number of phenols is 1. The molecule has 2 rings (SSSR count). The molecule has 1 N–H and O–H groups in total. The van der Waals surface area contributed by atoms with Gasteiger partial charge in [-0.05, 0) is 18.6 Å². The average Bonchev–Trinajstić information content (AvgIpc) is 2.47. The number of hydrogen-bond donors (Lipinski definition) is 1. The van der Waals surface area contributed by atoms with Gasteiger partial charge in [0.1, 0.15) is 0 Å². The minimum absolute atomic E-state index is 0.0170. The van der Waals surface area contributed by atoms with Gasteiger partial charge in [0, 0.05) is 24.0 Å². The van der Waals surface area contributed by atoms with Crippen LogP contribution in [0.15, 0.2) is 35.5 Å². The number of non-ortho nitro benzene ring substituents is 1. The SMILES string of the molecule is COc1cc([N+](=O)[O-])cc(/C=N/c2ncccc2C)c1O. The molecular formula is C14H13N3O4. The van der Waals surface area contributed by atoms with Gasteiger partial charge in [0.05, 0.1) is 18.1 Å². The molecule has 2 aromatic rings. The van der Waals surface area contributed by atoms with E-state index in [2.05, 4.69) is 9.98 Å². The lowest BCUT2D eigenvalue weighted by Gasteiger charge is -2.06. The Morgan fingerprint density at radius 2 is 2.24 bits per heavy atom. The Morgan fingerprint density at radius 3 is 2.86 bits per heavy atom. The number of aliphatic imine (C=N–C) groups is 1. The van der Waals surface area contributed by atoms with E-state index in [0.717, 1.165) is 11.6 Å². The van der Waals surface area contributed by atoms with Crippen LogP contribution in [-0.2, 0) is 0 Å². The first-order chi connectivity index (χ1) is 10.0. The van der Waals surface area contributed by atoms with Gasteiger partial charge in [0.15, 0.2) is 17.3 Å². The number of nitro groups is 1. The smallest absolute Gasteiger partial charge is 0.274 e. The van der Waals surface area contributed by atoms with Crippen molar-refractivity contribution in [2.75, 3.05) is 7.11 Å². The first-order valence-electron chi connectivity index (χ1n) is 6.04. The van der Waals surface area contributed by atoms with Crippen LogP contribution in [0.4, 0.5) is 11.5 Å². The fourth-order valence-electron chi connectivity index (χ4n) is 1.72. The van der Waals surface area contributed by atoms with E-state index in [-0.39, 0.29) is 22.7 Å². The topological polar surface area (TPSA) is 97.9 Å². The highest BCUT2D eigenvalue weighted by atomic mass is 16.6. The molecule has 0 amide bonds. The number of aromatic nitrogens is 1. The van der Waals surface area contributed by atoms with Crippen LogP contribution in [0, 0.1) is 17.0 Å². The molecule has 1 aromatic carbocycles. The molecular weight excluding hydrogens is 274 g/mol. The van der Waals surface area contributed by atoms with Gasteiger partial charge in [-0.15, -0.1) is 0 Å². The maximum absolute atomic E-state index is 10.9. The molecule has 7 heteroatoms. The minimum Gasteiger partial charge on any atom is -0.504 e. The molecule has 0 aliphatic rings. The molecule has 0 radical (unpaired) electrons. The fraction of sp³-hybridized carbons (Fsp3) is 0.143. The highest BCUT2D eigenvalue weighted by molar-refractivity contribution is 5.87. The van der Waals surface area contributed by atoms with Crippen LogP contribution in [0.25, 0.3) is 0 Å². The van der Waals surface area contributed by atoms with Gasteiger partial charge >= 0.3 is 0 Å². The van der Waals surface area contributed by atoms with Crippen LogP contribution in [0.2, 0.25) is 0 Å². The second-order valence-corrected chi connectivity index (χ2v) is 4.25. The summed E-state index contributed by atoms with van der Waals surface area (Å²) in [5.41, 5.74) is 0.848. The van der Waals surface area contributed by atoms with Gasteiger partial charge in [0.2, 0.25) is 0 Å². The fourth-order valence-corrected chi connectivity index (χ4v) is 1.72. The molecule has 0 saturated carbocycles. The Hall–Kier alpha value is -2.96. The molecule has 0 bridgehead atoms. The molecule has 0 aliphatic carbocycles. The predicted octanol–water partition coefficient (Wildman–Crippen LogP) is 2.76. The summed E-state index contributed by atoms with van der Waals surface area (Å²) in [4.78, 5) is 18.5. The lowest BCUT2D eigenvalue weighted by molar-refractivity contribution is -0.385. The van der Waals surface area contributed by atoms with Gasteiger partial charge in [0.25, 0.3) is 5.69 Å². The monoisotopic (exact) mass is 287 g/mol. The van der Waals surface area contributed by atoms with Crippen LogP contribution in [0.1, 0.15) is 11.1 Å². The maximum atomic E-state index is 10.9. The Bertz CT molecular complexity index is 713. The number of hydrogen-bond acceptors (Lipinski definition) is 6. The summed E-state index contributed by atoms with van der Waals surface area (Å²) in [6.07, 6.45) is 2.91. The molecule has 1 heterocycles. The van der Waals surface area contributed by atoms with Crippen molar-refractivity contribution >= 4 is 17.7 Å². The highest BCUT2D eigenvalue weighted by Crippen LogP contribution is 2.33. The van der Waals surface area contributed by atoms with E-state index < -0.39 is 4.92 Å². The van der Waals surface area contributed by atoms with E-state index in [1.807, 2.05) is 13.0 Å². The molecule has 0 atom stereocenters. The van der Waals surface area contributed by atoms with Crippen LogP contribution < -0.4 is 4.74 Å². The second kappa shape index (κ2) is 6.00. The molecule has 0 fully saturated rings. The Balaban J connectivity index is 2.46. The van der Waals surface area contributed by atoms with Gasteiger partial charge in [-0.2, -0.15) is 0 Å². The molecule has 108 valence electrons. The summed E-state index contributed by atoms with van der Waals surface area (Å²) < 4.78 is 4.92. The quantitative estimate of drug-likeness (QED) is 0.529. The van der Waals surface area contributed by atoms with Gasteiger partial charge in [-0.25, -0.2) is 9.98 Å². The number of pyridine rings is 1. The number of aromatic hydroxyl groups is 1. The highest BCUT2D eigenvalue weighted by Gasteiger charge is 2.15. The number of benzene rings is 1. The molecule has 0 spiro atoms. The summed E-state index contributed by atoms with van der Waals surface area (Å²) in [5.74, 6) is 0.284. The summed E-state index contributed by atoms with van der Waals surface area (Å²) in [5, 5.41) is 20.9. The average molecular weight is 287 g/mol. The molecule has 1 aromatic heterocycles. The van der Waals surface area contributed by atoms with E-state index in [4.69, 9.17) is 4.74 Å². The number of methoxy groups -OCH3 is 1. The van der Waals surface area contributed by atoms with E-state index >= 15 is 0 Å². The largest absolute Gasteiger partial charge is 0.504 e. The van der Waals surface area contributed by atoms with Crippen molar-refractivity contribution in [1.29, 1.82) is 0 Å². The third kappa shape index (κ3) is 3.14. The number of aryl methyl sites for hydroxylation is 1. The number of ether oxygens (including phenoxy) is 1. The molecule has 7 nitrogen and oxygen atoms in total. The van der Waals surface area contributed by atoms with E-state index in [1.54, 1.807) is 12.3 Å². The summed E-state index contributed by atoms with van der Waals surface area (Å²) in [6.45, 7) is 1.84.